The van der Waals surface area contributed by atoms with Gasteiger partial charge >= 0.3 is 0 Å². The zero-order valence-electron chi connectivity index (χ0n) is 10.3. The molecule has 1 saturated heterocycles. The van der Waals surface area contributed by atoms with E-state index in [1.54, 1.807) is 14.2 Å². The topological polar surface area (TPSA) is 47.7 Å². The van der Waals surface area contributed by atoms with Crippen molar-refractivity contribution in [2.24, 2.45) is 0 Å². The molecule has 2 atom stereocenters. The highest BCUT2D eigenvalue weighted by molar-refractivity contribution is 6.31. The predicted octanol–water partition coefficient (Wildman–Crippen LogP) is 1.91. The van der Waals surface area contributed by atoms with Crippen LogP contribution in [0.2, 0.25) is 5.02 Å². The van der Waals surface area contributed by atoms with Gasteiger partial charge in [0.15, 0.2) is 0 Å². The standard InChI is InChI=1S/C12H16ClFN2O2/c1-17-11-5-16(6-12(11)18-2)10-3-7(13)8(14)4-9(10)15/h3-4,11-12H,5-6,15H2,1-2H3. The van der Waals surface area contributed by atoms with Gasteiger partial charge in [0.1, 0.15) is 18.0 Å². The second kappa shape index (κ2) is 5.30. The van der Waals surface area contributed by atoms with Crippen molar-refractivity contribution in [3.8, 4) is 0 Å². The van der Waals surface area contributed by atoms with E-state index in [9.17, 15) is 4.39 Å². The van der Waals surface area contributed by atoms with Gasteiger partial charge in [0, 0.05) is 33.4 Å². The summed E-state index contributed by atoms with van der Waals surface area (Å²) in [5.74, 6) is -0.510. The monoisotopic (exact) mass is 274 g/mol. The fraction of sp³-hybridized carbons (Fsp3) is 0.500. The van der Waals surface area contributed by atoms with Gasteiger partial charge < -0.3 is 20.1 Å². The molecular weight excluding hydrogens is 259 g/mol. The van der Waals surface area contributed by atoms with Crippen LogP contribution in [0.3, 0.4) is 0 Å². The summed E-state index contributed by atoms with van der Waals surface area (Å²) in [4.78, 5) is 1.99. The number of anilines is 2. The number of rotatable bonds is 3. The van der Waals surface area contributed by atoms with E-state index < -0.39 is 5.82 Å². The number of nitrogens with zero attached hydrogens (tertiary/aromatic N) is 1. The van der Waals surface area contributed by atoms with E-state index in [0.29, 0.717) is 24.5 Å². The van der Waals surface area contributed by atoms with Crippen LogP contribution in [0.4, 0.5) is 15.8 Å². The first-order valence-corrected chi connectivity index (χ1v) is 5.99. The van der Waals surface area contributed by atoms with Gasteiger partial charge in [-0.1, -0.05) is 11.6 Å². The molecular formula is C12H16ClFN2O2. The second-order valence-electron chi connectivity index (χ2n) is 4.28. The number of halogens is 2. The lowest BCUT2D eigenvalue weighted by molar-refractivity contribution is -0.00461. The predicted molar refractivity (Wildman–Crippen MR) is 69.6 cm³/mol. The molecule has 1 aliphatic rings. The number of benzene rings is 1. The second-order valence-corrected chi connectivity index (χ2v) is 4.69. The quantitative estimate of drug-likeness (QED) is 0.856. The van der Waals surface area contributed by atoms with Crippen molar-refractivity contribution in [1.82, 2.24) is 0 Å². The lowest BCUT2D eigenvalue weighted by atomic mass is 10.2. The maximum Gasteiger partial charge on any atom is 0.143 e. The molecule has 1 fully saturated rings. The van der Waals surface area contributed by atoms with Gasteiger partial charge in [-0.05, 0) is 6.07 Å². The van der Waals surface area contributed by atoms with Crippen molar-refractivity contribution in [1.29, 1.82) is 0 Å². The van der Waals surface area contributed by atoms with Gasteiger partial charge in [-0.25, -0.2) is 4.39 Å². The van der Waals surface area contributed by atoms with E-state index >= 15 is 0 Å². The van der Waals surface area contributed by atoms with Gasteiger partial charge in [0.25, 0.3) is 0 Å². The minimum absolute atomic E-state index is 0.0294. The van der Waals surface area contributed by atoms with Crippen LogP contribution in [0.1, 0.15) is 0 Å². The normalized spacial score (nSPS) is 23.7. The highest BCUT2D eigenvalue weighted by atomic mass is 35.5. The van der Waals surface area contributed by atoms with Gasteiger partial charge in [0.05, 0.1) is 16.4 Å². The summed E-state index contributed by atoms with van der Waals surface area (Å²) in [6.45, 7) is 1.28. The third-order valence-corrected chi connectivity index (χ3v) is 3.52. The maximum atomic E-state index is 13.3. The van der Waals surface area contributed by atoms with Crippen LogP contribution in [0.15, 0.2) is 12.1 Å². The summed E-state index contributed by atoms with van der Waals surface area (Å²) in [6.07, 6.45) is -0.0588. The molecule has 0 bridgehead atoms. The van der Waals surface area contributed by atoms with Gasteiger partial charge in [-0.2, -0.15) is 0 Å². The van der Waals surface area contributed by atoms with Crippen molar-refractivity contribution in [3.05, 3.63) is 23.0 Å². The van der Waals surface area contributed by atoms with Crippen molar-refractivity contribution in [2.75, 3.05) is 37.9 Å². The van der Waals surface area contributed by atoms with Crippen molar-refractivity contribution < 1.29 is 13.9 Å². The average molecular weight is 275 g/mol. The molecule has 0 saturated carbocycles. The molecule has 1 aromatic carbocycles. The van der Waals surface area contributed by atoms with Crippen LogP contribution < -0.4 is 10.6 Å². The molecule has 1 aromatic rings. The number of ether oxygens (including phenoxy) is 2. The Bertz CT molecular complexity index is 432. The van der Waals surface area contributed by atoms with Crippen LogP contribution in [-0.4, -0.2) is 39.5 Å². The van der Waals surface area contributed by atoms with E-state index in [1.807, 2.05) is 4.90 Å². The van der Waals surface area contributed by atoms with Crippen LogP contribution in [-0.2, 0) is 9.47 Å². The Morgan fingerprint density at radius 2 is 1.83 bits per heavy atom. The SMILES string of the molecule is COC1CN(c2cc(Cl)c(F)cc2N)CC1OC. The molecule has 1 aliphatic heterocycles. The smallest absolute Gasteiger partial charge is 0.143 e. The van der Waals surface area contributed by atoms with Crippen molar-refractivity contribution >= 4 is 23.0 Å². The Labute approximate surface area is 110 Å². The van der Waals surface area contributed by atoms with E-state index in [2.05, 4.69) is 0 Å². The molecule has 18 heavy (non-hydrogen) atoms. The first-order valence-electron chi connectivity index (χ1n) is 5.62. The molecule has 2 unspecified atom stereocenters. The molecule has 6 heteroatoms. The van der Waals surface area contributed by atoms with Crippen molar-refractivity contribution in [3.63, 3.8) is 0 Å². The summed E-state index contributed by atoms with van der Waals surface area (Å²) in [5, 5.41) is 0.0639. The molecule has 1 heterocycles. The van der Waals surface area contributed by atoms with Crippen LogP contribution in [0.5, 0.6) is 0 Å². The van der Waals surface area contributed by atoms with Crippen LogP contribution >= 0.6 is 11.6 Å². The van der Waals surface area contributed by atoms with Gasteiger partial charge in [-0.15, -0.1) is 0 Å². The van der Waals surface area contributed by atoms with E-state index in [4.69, 9.17) is 26.8 Å². The number of hydrogen-bond acceptors (Lipinski definition) is 4. The highest BCUT2D eigenvalue weighted by Crippen LogP contribution is 2.32. The lowest BCUT2D eigenvalue weighted by Gasteiger charge is -2.20. The number of nitrogen functional groups attached to an aromatic ring is 1. The Kier molecular flexibility index (Phi) is 3.94. The largest absolute Gasteiger partial charge is 0.397 e. The molecule has 0 aliphatic carbocycles. The van der Waals surface area contributed by atoms with E-state index in [-0.39, 0.29) is 17.2 Å². The summed E-state index contributed by atoms with van der Waals surface area (Å²) >= 11 is 5.79. The minimum atomic E-state index is -0.510. The van der Waals surface area contributed by atoms with Gasteiger partial charge in [-0.3, -0.25) is 0 Å². The van der Waals surface area contributed by atoms with Crippen LogP contribution in [0.25, 0.3) is 0 Å². The van der Waals surface area contributed by atoms with Crippen molar-refractivity contribution in [2.45, 2.75) is 12.2 Å². The Hall–Kier alpha value is -1.04. The summed E-state index contributed by atoms with van der Waals surface area (Å²) in [7, 11) is 3.28. The molecule has 0 aromatic heterocycles. The minimum Gasteiger partial charge on any atom is -0.397 e. The third kappa shape index (κ3) is 2.39. The number of nitrogens with two attached hydrogens (primary N) is 1. The Balaban J connectivity index is 2.25. The first-order chi connectivity index (χ1) is 8.56. The zero-order valence-corrected chi connectivity index (χ0v) is 11.1. The van der Waals surface area contributed by atoms with Crippen LogP contribution in [0, 0.1) is 5.82 Å². The number of hydrogen-bond donors (Lipinski definition) is 1. The molecule has 100 valence electrons. The van der Waals surface area contributed by atoms with E-state index in [1.165, 1.54) is 12.1 Å². The highest BCUT2D eigenvalue weighted by Gasteiger charge is 2.34. The van der Waals surface area contributed by atoms with E-state index in [0.717, 1.165) is 0 Å². The zero-order chi connectivity index (χ0) is 13.3. The summed E-state index contributed by atoms with van der Waals surface area (Å²) in [6, 6.07) is 2.77. The molecule has 4 nitrogen and oxygen atoms in total. The maximum absolute atomic E-state index is 13.3. The summed E-state index contributed by atoms with van der Waals surface area (Å²) in [5.41, 5.74) is 6.90. The fourth-order valence-corrected chi connectivity index (χ4v) is 2.38. The lowest BCUT2D eigenvalue weighted by Crippen LogP contribution is -2.27. The Morgan fingerprint density at radius 1 is 1.28 bits per heavy atom. The average Bonchev–Trinajstić information content (AvgIpc) is 2.76. The number of methoxy groups -OCH3 is 2. The van der Waals surface area contributed by atoms with Gasteiger partial charge in [0.2, 0.25) is 0 Å². The molecule has 0 radical (unpaired) electrons. The third-order valence-electron chi connectivity index (χ3n) is 3.23. The molecule has 2 N–H and O–H groups in total. The fourth-order valence-electron chi connectivity index (χ4n) is 2.22. The Morgan fingerprint density at radius 3 is 2.33 bits per heavy atom. The molecule has 2 rings (SSSR count). The summed E-state index contributed by atoms with van der Waals surface area (Å²) < 4.78 is 23.9. The first kappa shape index (κ1) is 13.4. The molecule has 0 amide bonds. The molecule has 0 spiro atoms.